The monoisotopic (exact) mass is 788 g/mol. The molecule has 0 aromatic heterocycles. The summed E-state index contributed by atoms with van der Waals surface area (Å²) in [6.45, 7) is 18.0. The van der Waals surface area contributed by atoms with Crippen LogP contribution in [0.4, 0.5) is 0 Å². The number of nitriles is 1. The summed E-state index contributed by atoms with van der Waals surface area (Å²) in [4.78, 5) is 18.1. The molecule has 3 rings (SSSR count). The van der Waals surface area contributed by atoms with E-state index in [2.05, 4.69) is 6.07 Å². The predicted molar refractivity (Wildman–Crippen MR) is 203 cm³/mol. The topological polar surface area (TPSA) is 204 Å². The highest BCUT2D eigenvalue weighted by Gasteiger charge is 2.52. The number of aliphatic hydroxyl groups is 5. The normalized spacial score (nSPS) is 47.4. The summed E-state index contributed by atoms with van der Waals surface area (Å²) in [6.07, 6.45) is -8.61. The van der Waals surface area contributed by atoms with Gasteiger partial charge in [0.05, 0.1) is 47.6 Å². The van der Waals surface area contributed by atoms with Crippen molar-refractivity contribution in [1.82, 2.24) is 9.80 Å². The summed E-state index contributed by atoms with van der Waals surface area (Å²) >= 11 is 0. The molecular formula is C40H73N3O12. The highest BCUT2D eigenvalue weighted by Crippen LogP contribution is 2.40. The van der Waals surface area contributed by atoms with Crippen LogP contribution >= 0.6 is 0 Å². The summed E-state index contributed by atoms with van der Waals surface area (Å²) in [5.74, 6) is -2.80. The van der Waals surface area contributed by atoms with Gasteiger partial charge in [-0.2, -0.15) is 5.26 Å². The minimum atomic E-state index is -1.89. The quantitative estimate of drug-likeness (QED) is 0.213. The van der Waals surface area contributed by atoms with Gasteiger partial charge in [0.15, 0.2) is 12.6 Å². The number of aliphatic hydroxyl groups excluding tert-OH is 3. The fourth-order valence-electron chi connectivity index (χ4n) is 9.09. The van der Waals surface area contributed by atoms with Crippen LogP contribution in [-0.2, 0) is 33.2 Å². The first-order valence-corrected chi connectivity index (χ1v) is 20.1. The van der Waals surface area contributed by atoms with Crippen molar-refractivity contribution in [2.75, 3.05) is 34.3 Å². The van der Waals surface area contributed by atoms with E-state index in [9.17, 15) is 35.6 Å². The first kappa shape index (κ1) is 47.9. The largest absolute Gasteiger partial charge is 0.459 e. The third-order valence-electron chi connectivity index (χ3n) is 12.5. The van der Waals surface area contributed by atoms with Crippen LogP contribution in [0, 0.1) is 29.1 Å². The predicted octanol–water partition coefficient (Wildman–Crippen LogP) is 2.18. The Kier molecular flexibility index (Phi) is 17.0. The molecule has 0 aliphatic carbocycles. The van der Waals surface area contributed by atoms with Crippen molar-refractivity contribution in [1.29, 1.82) is 5.26 Å². The zero-order valence-corrected chi connectivity index (χ0v) is 35.5. The number of likely N-dealkylation sites (N-methyl/N-ethyl adjacent to an activating group) is 1. The number of carbonyl (C=O) groups excluding carboxylic acids is 1. The molecule has 0 spiro atoms. The van der Waals surface area contributed by atoms with E-state index in [4.69, 9.17) is 28.4 Å². The van der Waals surface area contributed by atoms with Gasteiger partial charge in [0.25, 0.3) is 0 Å². The van der Waals surface area contributed by atoms with Gasteiger partial charge in [-0.15, -0.1) is 0 Å². The first-order chi connectivity index (χ1) is 25.4. The fraction of sp³-hybridized carbons (Fsp3) is 0.950. The van der Waals surface area contributed by atoms with Gasteiger partial charge in [0, 0.05) is 51.0 Å². The van der Waals surface area contributed by atoms with Crippen molar-refractivity contribution in [3.63, 3.8) is 0 Å². The van der Waals surface area contributed by atoms with Gasteiger partial charge in [-0.05, 0) is 87.7 Å². The van der Waals surface area contributed by atoms with E-state index >= 15 is 0 Å². The lowest BCUT2D eigenvalue weighted by atomic mass is 9.77. The minimum absolute atomic E-state index is 0.111. The van der Waals surface area contributed by atoms with Gasteiger partial charge in [-0.25, -0.2) is 0 Å². The zero-order chi connectivity index (χ0) is 41.8. The third kappa shape index (κ3) is 11.2. The molecule has 1 unspecified atom stereocenters. The summed E-state index contributed by atoms with van der Waals surface area (Å²) < 4.78 is 37.6. The van der Waals surface area contributed by atoms with E-state index in [1.807, 2.05) is 37.7 Å². The number of methoxy groups -OCH3 is 1. The number of nitrogens with zero attached hydrogens (tertiary/aromatic N) is 3. The molecule has 0 saturated carbocycles. The van der Waals surface area contributed by atoms with Crippen molar-refractivity contribution in [2.45, 2.75) is 192 Å². The van der Waals surface area contributed by atoms with E-state index in [0.29, 0.717) is 13.0 Å². The van der Waals surface area contributed by atoms with Crippen LogP contribution in [-0.4, -0.2) is 166 Å². The lowest BCUT2D eigenvalue weighted by Crippen LogP contribution is -2.60. The number of esters is 1. The van der Waals surface area contributed by atoms with Gasteiger partial charge in [0.2, 0.25) is 0 Å². The van der Waals surface area contributed by atoms with Gasteiger partial charge < -0.3 is 58.9 Å². The first-order valence-electron chi connectivity index (χ1n) is 20.1. The molecule has 0 bridgehead atoms. The lowest BCUT2D eigenvalue weighted by molar-refractivity contribution is -0.318. The third-order valence-corrected chi connectivity index (χ3v) is 12.5. The van der Waals surface area contributed by atoms with Crippen molar-refractivity contribution in [2.24, 2.45) is 17.8 Å². The van der Waals surface area contributed by atoms with Crippen LogP contribution in [0.3, 0.4) is 0 Å². The molecular weight excluding hydrogens is 714 g/mol. The van der Waals surface area contributed by atoms with Crippen LogP contribution in [0.5, 0.6) is 0 Å². The number of carbonyl (C=O) groups is 1. The van der Waals surface area contributed by atoms with Crippen LogP contribution < -0.4 is 0 Å². The summed E-state index contributed by atoms with van der Waals surface area (Å²) in [5.41, 5.74) is -4.55. The Balaban J connectivity index is 2.21. The second-order valence-corrected chi connectivity index (χ2v) is 17.6. The Morgan fingerprint density at radius 2 is 1.62 bits per heavy atom. The summed E-state index contributed by atoms with van der Waals surface area (Å²) in [6, 6.07) is 1.20. The Morgan fingerprint density at radius 1 is 0.982 bits per heavy atom. The average Bonchev–Trinajstić information content (AvgIpc) is 3.11. The number of hydrogen-bond acceptors (Lipinski definition) is 15. The molecule has 5 N–H and O–H groups in total. The number of cyclic esters (lactones) is 1. The molecule has 15 nitrogen and oxygen atoms in total. The molecule has 3 heterocycles. The fourth-order valence-corrected chi connectivity index (χ4v) is 9.09. The average molecular weight is 788 g/mol. The Bertz CT molecular complexity index is 1270. The second-order valence-electron chi connectivity index (χ2n) is 17.6. The number of rotatable bonds is 9. The SMILES string of the molecule is CC[C@H]1OC(=O)[C@H](C)[C@@H](O[C@H]2C[C@@](C)(OC)[C@@H](O)[C@H](C)O2)[C@H](C)[C@@H](O[C@@H]2O[C@H](C)C[C@H](N(C)C)[C@H]2O)C(C)(O)C[C@@H](C)CN(CCC#N)[C@H](C)[C@@H](O)[C@]1(C)O. The molecule has 320 valence electrons. The molecule has 3 aliphatic rings. The highest BCUT2D eigenvalue weighted by molar-refractivity contribution is 5.73. The van der Waals surface area contributed by atoms with Crippen molar-refractivity contribution in [3.05, 3.63) is 0 Å². The Labute approximate surface area is 329 Å². The molecule has 0 amide bonds. The van der Waals surface area contributed by atoms with Crippen LogP contribution in [0.15, 0.2) is 0 Å². The van der Waals surface area contributed by atoms with Gasteiger partial charge in [-0.1, -0.05) is 20.8 Å². The van der Waals surface area contributed by atoms with E-state index in [1.165, 1.54) is 14.0 Å². The van der Waals surface area contributed by atoms with Crippen molar-refractivity contribution in [3.8, 4) is 6.07 Å². The molecule has 3 fully saturated rings. The molecule has 0 radical (unpaired) electrons. The molecule has 18 atom stereocenters. The second kappa shape index (κ2) is 19.5. The molecule has 15 heteroatoms. The Morgan fingerprint density at radius 3 is 2.18 bits per heavy atom. The molecule has 3 saturated heterocycles. The molecule has 3 aliphatic heterocycles. The van der Waals surface area contributed by atoms with Crippen molar-refractivity contribution < 1.29 is 58.7 Å². The number of ether oxygens (including phenoxy) is 6. The molecule has 0 aromatic rings. The minimum Gasteiger partial charge on any atom is -0.459 e. The zero-order valence-electron chi connectivity index (χ0n) is 35.5. The van der Waals surface area contributed by atoms with Crippen LogP contribution in [0.2, 0.25) is 0 Å². The summed E-state index contributed by atoms with van der Waals surface area (Å²) in [5, 5.41) is 68.2. The van der Waals surface area contributed by atoms with E-state index in [-0.39, 0.29) is 50.3 Å². The van der Waals surface area contributed by atoms with E-state index in [1.54, 1.807) is 48.5 Å². The van der Waals surface area contributed by atoms with E-state index in [0.717, 1.165) is 0 Å². The molecule has 0 aromatic carbocycles. The van der Waals surface area contributed by atoms with Gasteiger partial charge >= 0.3 is 5.97 Å². The van der Waals surface area contributed by atoms with Crippen molar-refractivity contribution >= 4 is 5.97 Å². The van der Waals surface area contributed by atoms with Gasteiger partial charge in [-0.3, -0.25) is 9.69 Å². The number of hydrogen-bond donors (Lipinski definition) is 5. The smallest absolute Gasteiger partial charge is 0.311 e. The van der Waals surface area contributed by atoms with Crippen LogP contribution in [0.25, 0.3) is 0 Å². The lowest BCUT2D eigenvalue weighted by Gasteiger charge is -2.48. The standard InChI is InChI=1S/C40H73N3O12/c1-14-29-40(10,49)33(45)26(6)43(17-15-16-41)21-22(2)19-38(8,48)35(55-37-31(44)28(42(11)12)18-23(3)51-37)24(4)32(25(5)36(47)53-29)54-30-20-39(9,50-13)34(46)27(7)52-30/h22-35,37,44-46,48-49H,14-15,17-21H2,1-13H3/t22-,23-,24+,25-,26-,27+,28+,29-,30+,31-,32+,33-,34+,35-,37+,38?,39-,40-/m1/s1. The maximum atomic E-state index is 14.3. The highest BCUT2D eigenvalue weighted by atomic mass is 16.7. The maximum absolute atomic E-state index is 14.3. The Hall–Kier alpha value is -1.52. The maximum Gasteiger partial charge on any atom is 0.311 e. The van der Waals surface area contributed by atoms with Crippen LogP contribution in [0.1, 0.15) is 101 Å². The van der Waals surface area contributed by atoms with Gasteiger partial charge in [0.1, 0.15) is 30.0 Å². The summed E-state index contributed by atoms with van der Waals surface area (Å²) in [7, 11) is 5.24. The molecule has 55 heavy (non-hydrogen) atoms. The van der Waals surface area contributed by atoms with E-state index < -0.39 is 96.0 Å².